The standard InChI is InChI=1S/C23H16F3N3O2S/c24-23(25,26)20-8-6-14(12-27-20)22-29-17-7-5-13(11-19(17)32-22)21(30)28-16-9-10-31-18-4-2-1-3-15(16)18/h1-8,11-12,16H,9-10H2,(H,28,30). The first-order valence-corrected chi connectivity index (χ1v) is 10.7. The van der Waals surface area contributed by atoms with Gasteiger partial charge in [0, 0.05) is 29.3 Å². The van der Waals surface area contributed by atoms with E-state index in [4.69, 9.17) is 4.74 Å². The van der Waals surface area contributed by atoms with Gasteiger partial charge in [0.25, 0.3) is 5.91 Å². The number of rotatable bonds is 3. The zero-order valence-corrected chi connectivity index (χ0v) is 17.3. The number of fused-ring (bicyclic) bond motifs is 2. The molecule has 0 radical (unpaired) electrons. The number of carbonyl (C=O) groups excluding carboxylic acids is 1. The SMILES string of the molecule is O=C(NC1CCOc2ccccc21)c1ccc2nc(-c3ccc(C(F)(F)F)nc3)sc2c1. The summed E-state index contributed by atoms with van der Waals surface area (Å²) in [6.07, 6.45) is -2.65. The first-order valence-electron chi connectivity index (χ1n) is 9.85. The highest BCUT2D eigenvalue weighted by Crippen LogP contribution is 2.34. The fourth-order valence-electron chi connectivity index (χ4n) is 3.61. The Labute approximate surface area is 184 Å². The molecule has 32 heavy (non-hydrogen) atoms. The van der Waals surface area contributed by atoms with Gasteiger partial charge in [0.05, 0.1) is 22.9 Å². The summed E-state index contributed by atoms with van der Waals surface area (Å²) in [5.74, 6) is 0.566. The molecule has 0 aliphatic carbocycles. The molecule has 2 aromatic heterocycles. The van der Waals surface area contributed by atoms with Crippen LogP contribution in [0.25, 0.3) is 20.8 Å². The molecule has 9 heteroatoms. The minimum absolute atomic E-state index is 0.140. The van der Waals surface area contributed by atoms with E-state index < -0.39 is 11.9 Å². The molecule has 5 nitrogen and oxygen atoms in total. The molecule has 162 valence electrons. The maximum absolute atomic E-state index is 12.9. The molecular weight excluding hydrogens is 439 g/mol. The molecule has 5 rings (SSSR count). The largest absolute Gasteiger partial charge is 0.493 e. The van der Waals surface area contributed by atoms with Gasteiger partial charge in [-0.1, -0.05) is 18.2 Å². The molecule has 1 amide bonds. The van der Waals surface area contributed by atoms with E-state index in [0.717, 1.165) is 28.3 Å². The number of nitrogens with one attached hydrogen (secondary N) is 1. The summed E-state index contributed by atoms with van der Waals surface area (Å²) in [7, 11) is 0. The summed E-state index contributed by atoms with van der Waals surface area (Å²) >= 11 is 1.30. The average Bonchev–Trinajstić information content (AvgIpc) is 3.22. The summed E-state index contributed by atoms with van der Waals surface area (Å²) in [5, 5.41) is 3.60. The van der Waals surface area contributed by atoms with Crippen molar-refractivity contribution >= 4 is 27.5 Å². The number of hydrogen-bond acceptors (Lipinski definition) is 5. The molecule has 3 heterocycles. The van der Waals surface area contributed by atoms with Crippen LogP contribution in [0.2, 0.25) is 0 Å². The van der Waals surface area contributed by atoms with Gasteiger partial charge in [0.1, 0.15) is 16.5 Å². The lowest BCUT2D eigenvalue weighted by Gasteiger charge is -2.26. The van der Waals surface area contributed by atoms with Crippen LogP contribution in [0.5, 0.6) is 5.75 Å². The molecule has 1 aliphatic heterocycles. The summed E-state index contributed by atoms with van der Waals surface area (Å²) in [6.45, 7) is 0.528. The number of para-hydroxylation sites is 1. The van der Waals surface area contributed by atoms with Gasteiger partial charge in [-0.25, -0.2) is 4.98 Å². The van der Waals surface area contributed by atoms with Crippen molar-refractivity contribution in [3.05, 3.63) is 77.6 Å². The van der Waals surface area contributed by atoms with Crippen molar-refractivity contribution < 1.29 is 22.7 Å². The quantitative estimate of drug-likeness (QED) is 0.435. The van der Waals surface area contributed by atoms with Crippen LogP contribution in [-0.2, 0) is 6.18 Å². The topological polar surface area (TPSA) is 64.1 Å². The van der Waals surface area contributed by atoms with Crippen LogP contribution in [0, 0.1) is 0 Å². The van der Waals surface area contributed by atoms with Gasteiger partial charge >= 0.3 is 6.18 Å². The number of amides is 1. The van der Waals surface area contributed by atoms with Crippen LogP contribution in [0.15, 0.2) is 60.8 Å². The van der Waals surface area contributed by atoms with Gasteiger partial charge in [0.15, 0.2) is 0 Å². The number of thiazole rings is 1. The Morgan fingerprint density at radius 1 is 1.12 bits per heavy atom. The minimum Gasteiger partial charge on any atom is -0.493 e. The predicted octanol–water partition coefficient (Wildman–Crippen LogP) is 5.63. The molecule has 0 bridgehead atoms. The Morgan fingerprint density at radius 2 is 1.97 bits per heavy atom. The van der Waals surface area contributed by atoms with Crippen molar-refractivity contribution in [2.75, 3.05) is 6.61 Å². The molecule has 4 aromatic rings. The second-order valence-corrected chi connectivity index (χ2v) is 8.36. The zero-order valence-electron chi connectivity index (χ0n) is 16.5. The van der Waals surface area contributed by atoms with Crippen LogP contribution in [0.4, 0.5) is 13.2 Å². The molecular formula is C23H16F3N3O2S. The van der Waals surface area contributed by atoms with Crippen LogP contribution in [-0.4, -0.2) is 22.5 Å². The van der Waals surface area contributed by atoms with Gasteiger partial charge in [-0.3, -0.25) is 9.78 Å². The van der Waals surface area contributed by atoms with E-state index >= 15 is 0 Å². The number of aromatic nitrogens is 2. The van der Waals surface area contributed by atoms with Crippen molar-refractivity contribution in [1.29, 1.82) is 0 Å². The number of halogens is 3. The number of alkyl halides is 3. The third-order valence-electron chi connectivity index (χ3n) is 5.22. The lowest BCUT2D eigenvalue weighted by atomic mass is 10.00. The smallest absolute Gasteiger partial charge is 0.433 e. The molecule has 1 unspecified atom stereocenters. The molecule has 0 saturated heterocycles. The molecule has 0 fully saturated rings. The first kappa shape index (κ1) is 20.4. The number of hydrogen-bond donors (Lipinski definition) is 1. The number of pyridine rings is 1. The van der Waals surface area contributed by atoms with Crippen molar-refractivity contribution in [3.8, 4) is 16.3 Å². The number of ether oxygens (including phenoxy) is 1. The zero-order chi connectivity index (χ0) is 22.3. The summed E-state index contributed by atoms with van der Waals surface area (Å²) < 4.78 is 44.6. The van der Waals surface area contributed by atoms with Gasteiger partial charge in [-0.05, 0) is 36.4 Å². The van der Waals surface area contributed by atoms with Gasteiger partial charge < -0.3 is 10.1 Å². The monoisotopic (exact) mass is 455 g/mol. The Kier molecular flexibility index (Phi) is 5.05. The van der Waals surface area contributed by atoms with Gasteiger partial charge in [0.2, 0.25) is 0 Å². The molecule has 0 saturated carbocycles. The second-order valence-electron chi connectivity index (χ2n) is 7.33. The van der Waals surface area contributed by atoms with Gasteiger partial charge in [-0.2, -0.15) is 13.2 Å². The van der Waals surface area contributed by atoms with E-state index in [9.17, 15) is 18.0 Å². The van der Waals surface area contributed by atoms with E-state index in [1.807, 2.05) is 24.3 Å². The van der Waals surface area contributed by atoms with Crippen molar-refractivity contribution in [2.24, 2.45) is 0 Å². The predicted molar refractivity (Wildman–Crippen MR) is 115 cm³/mol. The summed E-state index contributed by atoms with van der Waals surface area (Å²) in [6, 6.07) is 14.9. The first-order chi connectivity index (χ1) is 15.4. The van der Waals surface area contributed by atoms with E-state index in [1.54, 1.807) is 18.2 Å². The van der Waals surface area contributed by atoms with Crippen LogP contribution >= 0.6 is 11.3 Å². The molecule has 1 atom stereocenters. The van der Waals surface area contributed by atoms with Crippen molar-refractivity contribution in [3.63, 3.8) is 0 Å². The highest BCUT2D eigenvalue weighted by molar-refractivity contribution is 7.21. The minimum atomic E-state index is -4.49. The maximum atomic E-state index is 12.9. The fraction of sp³-hybridized carbons (Fsp3) is 0.174. The number of carbonyl (C=O) groups is 1. The van der Waals surface area contributed by atoms with Crippen molar-refractivity contribution in [2.45, 2.75) is 18.6 Å². The van der Waals surface area contributed by atoms with E-state index in [2.05, 4.69) is 15.3 Å². The second kappa shape index (κ2) is 7.90. The fourth-order valence-corrected chi connectivity index (χ4v) is 4.61. The average molecular weight is 455 g/mol. The Morgan fingerprint density at radius 3 is 2.75 bits per heavy atom. The third-order valence-corrected chi connectivity index (χ3v) is 6.28. The van der Waals surface area contributed by atoms with Gasteiger partial charge in [-0.15, -0.1) is 11.3 Å². The maximum Gasteiger partial charge on any atom is 0.433 e. The van der Waals surface area contributed by atoms with Crippen LogP contribution in [0.3, 0.4) is 0 Å². The number of nitrogens with zero attached hydrogens (tertiary/aromatic N) is 2. The van der Waals surface area contributed by atoms with Crippen LogP contribution < -0.4 is 10.1 Å². The Bertz CT molecular complexity index is 1300. The lowest BCUT2D eigenvalue weighted by Crippen LogP contribution is -2.32. The normalized spacial score (nSPS) is 15.8. The highest BCUT2D eigenvalue weighted by atomic mass is 32.1. The van der Waals surface area contributed by atoms with Crippen LogP contribution in [0.1, 0.15) is 34.1 Å². The molecule has 2 aromatic carbocycles. The molecule has 0 spiro atoms. The van der Waals surface area contributed by atoms with E-state index in [0.29, 0.717) is 34.7 Å². The summed E-state index contributed by atoms with van der Waals surface area (Å²) in [4.78, 5) is 20.9. The lowest BCUT2D eigenvalue weighted by molar-refractivity contribution is -0.141. The van der Waals surface area contributed by atoms with Crippen molar-refractivity contribution in [1.82, 2.24) is 15.3 Å². The Hall–Kier alpha value is -3.46. The van der Waals surface area contributed by atoms with E-state index in [1.165, 1.54) is 17.4 Å². The number of benzene rings is 2. The highest BCUT2D eigenvalue weighted by Gasteiger charge is 2.32. The Balaban J connectivity index is 1.38. The third kappa shape index (κ3) is 3.91. The molecule has 1 N–H and O–H groups in total. The summed E-state index contributed by atoms with van der Waals surface area (Å²) in [5.41, 5.74) is 1.64. The van der Waals surface area contributed by atoms with E-state index in [-0.39, 0.29) is 11.9 Å². The molecule has 1 aliphatic rings.